The van der Waals surface area contributed by atoms with Crippen LogP contribution >= 0.6 is 23.2 Å². The maximum absolute atomic E-state index is 11.3. The molecule has 0 saturated carbocycles. The zero-order valence-electron chi connectivity index (χ0n) is 7.88. The van der Waals surface area contributed by atoms with Gasteiger partial charge in [0.25, 0.3) is 0 Å². The van der Waals surface area contributed by atoms with E-state index >= 15 is 0 Å². The van der Waals surface area contributed by atoms with Crippen molar-refractivity contribution >= 4 is 29.2 Å². The first-order chi connectivity index (χ1) is 7.13. The summed E-state index contributed by atoms with van der Waals surface area (Å²) in [5.74, 6) is -0.443. The number of carbonyl (C=O) groups is 1. The molecule has 0 N–H and O–H groups in total. The van der Waals surface area contributed by atoms with Crippen molar-refractivity contribution in [2.24, 2.45) is 0 Å². The summed E-state index contributed by atoms with van der Waals surface area (Å²) in [6.45, 7) is 0. The topological polar surface area (TPSA) is 50.1 Å². The standard InChI is InChI=1S/C10H7Cl2NO2/c1-15-10(14)8-3-6(5-13)2-7(4-11)9(8)12/h2-3H,4H2,1H3. The molecule has 1 rings (SSSR count). The Morgan fingerprint density at radius 3 is 2.73 bits per heavy atom. The van der Waals surface area contributed by atoms with Crippen LogP contribution in [0.15, 0.2) is 12.1 Å². The molecule has 0 aliphatic rings. The van der Waals surface area contributed by atoms with Crippen LogP contribution in [-0.2, 0) is 10.6 Å². The van der Waals surface area contributed by atoms with Gasteiger partial charge in [0.1, 0.15) is 0 Å². The van der Waals surface area contributed by atoms with Crippen LogP contribution in [0.2, 0.25) is 5.02 Å². The minimum absolute atomic E-state index is 0.137. The molecule has 1 aromatic rings. The molecule has 5 heteroatoms. The highest BCUT2D eigenvalue weighted by Gasteiger charge is 2.15. The molecule has 0 bridgehead atoms. The van der Waals surface area contributed by atoms with E-state index in [1.807, 2.05) is 6.07 Å². The first-order valence-corrected chi connectivity index (χ1v) is 4.92. The number of hydrogen-bond acceptors (Lipinski definition) is 3. The van der Waals surface area contributed by atoms with Crippen LogP contribution in [0.4, 0.5) is 0 Å². The van der Waals surface area contributed by atoms with Gasteiger partial charge in [0.2, 0.25) is 0 Å². The molecule has 0 amide bonds. The van der Waals surface area contributed by atoms with Crippen molar-refractivity contribution in [1.82, 2.24) is 0 Å². The summed E-state index contributed by atoms with van der Waals surface area (Å²) in [5.41, 5.74) is 1.03. The Morgan fingerprint density at radius 1 is 1.60 bits per heavy atom. The van der Waals surface area contributed by atoms with E-state index in [-0.39, 0.29) is 16.5 Å². The number of esters is 1. The van der Waals surface area contributed by atoms with Gasteiger partial charge < -0.3 is 4.74 Å². The van der Waals surface area contributed by atoms with Crippen molar-refractivity contribution in [3.05, 3.63) is 33.8 Å². The van der Waals surface area contributed by atoms with Crippen LogP contribution in [0.5, 0.6) is 0 Å². The molecule has 0 aliphatic carbocycles. The van der Waals surface area contributed by atoms with Crippen LogP contribution in [0.1, 0.15) is 21.5 Å². The summed E-state index contributed by atoms with van der Waals surface area (Å²) in [5, 5.41) is 8.97. The number of methoxy groups -OCH3 is 1. The minimum atomic E-state index is -0.580. The lowest BCUT2D eigenvalue weighted by Gasteiger charge is -2.06. The number of carbonyl (C=O) groups excluding carboxylic acids is 1. The predicted octanol–water partition coefficient (Wildman–Crippen LogP) is 2.74. The lowest BCUT2D eigenvalue weighted by molar-refractivity contribution is 0.0601. The highest BCUT2D eigenvalue weighted by Crippen LogP contribution is 2.25. The SMILES string of the molecule is COC(=O)c1cc(C#N)cc(CCl)c1Cl. The third kappa shape index (κ3) is 2.41. The maximum atomic E-state index is 11.3. The van der Waals surface area contributed by atoms with Crippen LogP contribution in [0.25, 0.3) is 0 Å². The monoisotopic (exact) mass is 243 g/mol. The summed E-state index contributed by atoms with van der Waals surface area (Å²) in [6, 6.07) is 4.85. The average Bonchev–Trinajstić information content (AvgIpc) is 2.28. The number of hydrogen-bond donors (Lipinski definition) is 0. The van der Waals surface area contributed by atoms with Gasteiger partial charge in [-0.25, -0.2) is 4.79 Å². The Bertz CT molecular complexity index is 438. The summed E-state index contributed by atoms with van der Waals surface area (Å²) < 4.78 is 4.54. The lowest BCUT2D eigenvalue weighted by Crippen LogP contribution is -2.04. The van der Waals surface area contributed by atoms with E-state index in [2.05, 4.69) is 4.74 Å². The van der Waals surface area contributed by atoms with E-state index in [0.29, 0.717) is 11.1 Å². The van der Waals surface area contributed by atoms with Gasteiger partial charge in [-0.05, 0) is 17.7 Å². The molecule has 0 fully saturated rings. The Balaban J connectivity index is 3.38. The molecule has 0 atom stereocenters. The minimum Gasteiger partial charge on any atom is -0.465 e. The van der Waals surface area contributed by atoms with Gasteiger partial charge in [0.05, 0.1) is 29.3 Å². The number of halogens is 2. The van der Waals surface area contributed by atoms with Crippen molar-refractivity contribution in [1.29, 1.82) is 5.26 Å². The van der Waals surface area contributed by atoms with E-state index in [9.17, 15) is 4.79 Å². The van der Waals surface area contributed by atoms with Crippen molar-refractivity contribution in [2.45, 2.75) is 5.88 Å². The van der Waals surface area contributed by atoms with Gasteiger partial charge in [0, 0.05) is 5.88 Å². The molecule has 0 aromatic heterocycles. The van der Waals surface area contributed by atoms with E-state index in [0.717, 1.165) is 0 Å². The molecule has 0 radical (unpaired) electrons. The number of benzene rings is 1. The van der Waals surface area contributed by atoms with E-state index < -0.39 is 5.97 Å². The molecule has 0 unspecified atom stereocenters. The normalized spacial score (nSPS) is 9.47. The van der Waals surface area contributed by atoms with Gasteiger partial charge in [-0.1, -0.05) is 11.6 Å². The molecular weight excluding hydrogens is 237 g/mol. The van der Waals surface area contributed by atoms with Gasteiger partial charge in [0.15, 0.2) is 0 Å². The summed E-state index contributed by atoms with van der Waals surface area (Å²) in [4.78, 5) is 11.3. The first kappa shape index (κ1) is 11.8. The molecule has 0 spiro atoms. The van der Waals surface area contributed by atoms with Gasteiger partial charge >= 0.3 is 5.97 Å². The molecule has 0 heterocycles. The number of nitrogens with zero attached hydrogens (tertiary/aromatic N) is 1. The van der Waals surface area contributed by atoms with Crippen molar-refractivity contribution < 1.29 is 9.53 Å². The maximum Gasteiger partial charge on any atom is 0.339 e. The summed E-state index contributed by atoms with van der Waals surface area (Å²) in [6.07, 6.45) is 0. The zero-order chi connectivity index (χ0) is 11.4. The van der Waals surface area contributed by atoms with E-state index in [1.165, 1.54) is 13.2 Å². The predicted molar refractivity (Wildman–Crippen MR) is 57.1 cm³/mol. The summed E-state index contributed by atoms with van der Waals surface area (Å²) >= 11 is 11.6. The largest absolute Gasteiger partial charge is 0.465 e. The number of alkyl halides is 1. The van der Waals surface area contributed by atoms with Crippen LogP contribution in [-0.4, -0.2) is 13.1 Å². The Morgan fingerprint density at radius 2 is 2.27 bits per heavy atom. The molecule has 0 saturated heterocycles. The van der Waals surface area contributed by atoms with Crippen LogP contribution in [0, 0.1) is 11.3 Å². The molecule has 78 valence electrons. The fourth-order valence-corrected chi connectivity index (χ4v) is 1.64. The first-order valence-electron chi connectivity index (χ1n) is 4.00. The van der Waals surface area contributed by atoms with Crippen LogP contribution < -0.4 is 0 Å². The average molecular weight is 244 g/mol. The second kappa shape index (κ2) is 5.01. The number of rotatable bonds is 2. The number of nitriles is 1. The highest BCUT2D eigenvalue weighted by molar-refractivity contribution is 6.35. The fourth-order valence-electron chi connectivity index (χ4n) is 1.10. The molecular formula is C10H7Cl2NO2. The van der Waals surface area contributed by atoms with Gasteiger partial charge in [-0.2, -0.15) is 5.26 Å². The van der Waals surface area contributed by atoms with Crippen LogP contribution in [0.3, 0.4) is 0 Å². The quantitative estimate of drug-likeness (QED) is 0.593. The fraction of sp³-hybridized carbons (Fsp3) is 0.200. The Labute approximate surface area is 97.2 Å². The second-order valence-electron chi connectivity index (χ2n) is 2.73. The second-order valence-corrected chi connectivity index (χ2v) is 3.38. The number of ether oxygens (including phenoxy) is 1. The highest BCUT2D eigenvalue weighted by atomic mass is 35.5. The Hall–Kier alpha value is -1.24. The van der Waals surface area contributed by atoms with Gasteiger partial charge in [-0.15, -0.1) is 11.6 Å². The van der Waals surface area contributed by atoms with Gasteiger partial charge in [-0.3, -0.25) is 0 Å². The third-order valence-corrected chi connectivity index (χ3v) is 2.56. The molecule has 3 nitrogen and oxygen atoms in total. The summed E-state index contributed by atoms with van der Waals surface area (Å²) in [7, 11) is 1.25. The Kier molecular flexibility index (Phi) is 3.96. The third-order valence-electron chi connectivity index (χ3n) is 1.83. The molecule has 1 aromatic carbocycles. The van der Waals surface area contributed by atoms with Crippen molar-refractivity contribution in [3.63, 3.8) is 0 Å². The van der Waals surface area contributed by atoms with Crippen molar-refractivity contribution in [3.8, 4) is 6.07 Å². The molecule has 0 aliphatic heterocycles. The van der Waals surface area contributed by atoms with E-state index in [4.69, 9.17) is 28.5 Å². The lowest BCUT2D eigenvalue weighted by atomic mass is 10.1. The van der Waals surface area contributed by atoms with E-state index in [1.54, 1.807) is 6.07 Å². The molecule has 15 heavy (non-hydrogen) atoms. The smallest absolute Gasteiger partial charge is 0.339 e. The van der Waals surface area contributed by atoms with Crippen molar-refractivity contribution in [2.75, 3.05) is 7.11 Å². The zero-order valence-corrected chi connectivity index (χ0v) is 9.39.